The number of carboxylic acids is 1. The van der Waals surface area contributed by atoms with Crippen molar-refractivity contribution in [3.05, 3.63) is 10.1 Å². The van der Waals surface area contributed by atoms with Crippen molar-refractivity contribution in [1.82, 2.24) is 0 Å². The van der Waals surface area contributed by atoms with Crippen LogP contribution < -0.4 is 0 Å². The average Bonchev–Trinajstić information content (AvgIpc) is 1.97. The quantitative estimate of drug-likeness (QED) is 0.519. The summed E-state index contributed by atoms with van der Waals surface area (Å²) in [4.78, 5) is 20.5. The van der Waals surface area contributed by atoms with Gasteiger partial charge in [-0.25, -0.2) is 0 Å². The third-order valence-electron chi connectivity index (χ3n) is 1.20. The second-order valence-corrected chi connectivity index (χ2v) is 2.73. The molecule has 0 aliphatic rings. The van der Waals surface area contributed by atoms with Crippen molar-refractivity contribution in [2.24, 2.45) is 5.92 Å². The molecule has 5 heteroatoms. The van der Waals surface area contributed by atoms with Gasteiger partial charge in [0.25, 0.3) is 0 Å². The van der Waals surface area contributed by atoms with E-state index in [1.54, 1.807) is 0 Å². The van der Waals surface area contributed by atoms with Crippen LogP contribution in [0.1, 0.15) is 33.9 Å². The Hall–Kier alpha value is -1.13. The largest absolute Gasteiger partial charge is 0.481 e. The fraction of sp³-hybridized carbons (Fsp3) is 0.857. The Balaban J connectivity index is 5.70. The number of carbonyl (C=O) groups is 1. The highest BCUT2D eigenvalue weighted by Gasteiger charge is 2.34. The third kappa shape index (κ3) is 2.86. The van der Waals surface area contributed by atoms with Gasteiger partial charge in [0.05, 0.1) is 5.92 Å². The highest BCUT2D eigenvalue weighted by atomic mass is 16.6. The fourth-order valence-corrected chi connectivity index (χ4v) is 0.468. The van der Waals surface area contributed by atoms with E-state index < -0.39 is 35.6 Å². The molecule has 5 nitrogen and oxygen atoms in total. The zero-order valence-electron chi connectivity index (χ0n) is 11.7. The van der Waals surface area contributed by atoms with Crippen LogP contribution in [0.2, 0.25) is 0 Å². The van der Waals surface area contributed by atoms with E-state index in [4.69, 9.17) is 12.0 Å². The van der Waals surface area contributed by atoms with Gasteiger partial charge in [0.1, 0.15) is 0 Å². The van der Waals surface area contributed by atoms with Crippen LogP contribution in [0.4, 0.5) is 0 Å². The van der Waals surface area contributed by atoms with Crippen molar-refractivity contribution in [3.63, 3.8) is 0 Å². The molecule has 0 aromatic carbocycles. The normalized spacial score (nSPS) is 22.3. The summed E-state index contributed by atoms with van der Waals surface area (Å²) in [6.07, 6.45) is -3.02. The first-order valence-electron chi connectivity index (χ1n) is 5.63. The summed E-state index contributed by atoms with van der Waals surface area (Å²) < 4.78 is 35.9. The fourth-order valence-electron chi connectivity index (χ4n) is 0.468. The minimum atomic E-state index is -3.16. The summed E-state index contributed by atoms with van der Waals surface area (Å²) >= 11 is 0. The maximum atomic E-state index is 10.8. The van der Waals surface area contributed by atoms with E-state index in [-0.39, 0.29) is 0 Å². The predicted molar refractivity (Wildman–Crippen MR) is 42.5 cm³/mol. The molecular formula is C7H13NO4. The van der Waals surface area contributed by atoms with E-state index in [1.165, 1.54) is 0 Å². The molecule has 0 aromatic heterocycles. The van der Waals surface area contributed by atoms with Crippen molar-refractivity contribution >= 4 is 5.97 Å². The van der Waals surface area contributed by atoms with Gasteiger partial charge < -0.3 is 5.11 Å². The van der Waals surface area contributed by atoms with Crippen molar-refractivity contribution in [2.45, 2.75) is 32.6 Å². The molecule has 0 aliphatic carbocycles. The molecule has 0 bridgehead atoms. The summed E-state index contributed by atoms with van der Waals surface area (Å²) in [5.74, 6) is -4.39. The minimum absolute atomic E-state index is 0.856. The molecule has 0 aromatic rings. The molecule has 0 fully saturated rings. The number of hydrogen-bond donors (Lipinski definition) is 1. The van der Waals surface area contributed by atoms with Crippen LogP contribution in [0, 0.1) is 16.0 Å². The first-order valence-corrected chi connectivity index (χ1v) is 3.13. The lowest BCUT2D eigenvalue weighted by molar-refractivity contribution is -0.562. The van der Waals surface area contributed by atoms with Gasteiger partial charge in [0.2, 0.25) is 5.54 Å². The van der Waals surface area contributed by atoms with Crippen LogP contribution in [0.15, 0.2) is 0 Å². The molecule has 1 atom stereocenters. The smallest absolute Gasteiger partial charge is 0.306 e. The van der Waals surface area contributed by atoms with Crippen LogP contribution in [0.25, 0.3) is 0 Å². The summed E-state index contributed by atoms with van der Waals surface area (Å²) in [6.45, 7) is -1.45. The average molecular weight is 180 g/mol. The van der Waals surface area contributed by atoms with E-state index in [2.05, 4.69) is 0 Å². The second-order valence-electron chi connectivity index (χ2n) is 2.73. The van der Waals surface area contributed by atoms with Crippen LogP contribution in [-0.4, -0.2) is 21.5 Å². The lowest BCUT2D eigenvalue weighted by Crippen LogP contribution is -2.34. The summed E-state index contributed by atoms with van der Waals surface area (Å²) in [5, 5.41) is 19.5. The summed E-state index contributed by atoms with van der Waals surface area (Å²) in [5.41, 5.74) is -2.33. The van der Waals surface area contributed by atoms with Gasteiger partial charge in [0.15, 0.2) is 0 Å². The molecule has 0 aliphatic heterocycles. The number of rotatable bonds is 4. The minimum Gasteiger partial charge on any atom is -0.481 e. The zero-order chi connectivity index (χ0) is 14.2. The van der Waals surface area contributed by atoms with E-state index in [9.17, 15) is 14.9 Å². The van der Waals surface area contributed by atoms with E-state index in [1.807, 2.05) is 0 Å². The highest BCUT2D eigenvalue weighted by Crippen LogP contribution is 2.19. The van der Waals surface area contributed by atoms with Gasteiger partial charge in [0, 0.05) is 32.0 Å². The molecule has 1 N–H and O–H groups in total. The topological polar surface area (TPSA) is 80.4 Å². The Morgan fingerprint density at radius 2 is 2.42 bits per heavy atom. The van der Waals surface area contributed by atoms with E-state index in [0.717, 1.165) is 13.8 Å². The molecule has 0 saturated carbocycles. The molecule has 0 amide bonds. The molecule has 0 saturated heterocycles. The molecule has 0 rings (SSSR count). The Kier molecular flexibility index (Phi) is 1.40. The second kappa shape index (κ2) is 3.51. The number of nitrogens with zero attached hydrogens (tertiary/aromatic N) is 1. The maximum Gasteiger partial charge on any atom is 0.306 e. The third-order valence-corrected chi connectivity index (χ3v) is 1.20. The van der Waals surface area contributed by atoms with Crippen molar-refractivity contribution in [2.75, 3.05) is 0 Å². The molecular weight excluding hydrogens is 162 g/mol. The first-order chi connectivity index (χ1) is 7.26. The van der Waals surface area contributed by atoms with E-state index in [0.29, 0.717) is 0 Å². The van der Waals surface area contributed by atoms with Crippen LogP contribution in [0.5, 0.6) is 0 Å². The van der Waals surface area contributed by atoms with Gasteiger partial charge in [-0.1, -0.05) is 6.85 Å². The predicted octanol–water partition coefficient (Wildman–Crippen LogP) is 1.15. The Morgan fingerprint density at radius 1 is 1.92 bits per heavy atom. The van der Waals surface area contributed by atoms with Crippen molar-refractivity contribution < 1.29 is 21.7 Å². The van der Waals surface area contributed by atoms with E-state index >= 15 is 0 Å². The lowest BCUT2D eigenvalue weighted by Gasteiger charge is -2.17. The SMILES string of the molecule is [2H]C([2H])([2H])C(C(=O)O)C([2H])([2H])C(C)(C)[N+](=O)[O-]. The van der Waals surface area contributed by atoms with Crippen molar-refractivity contribution in [3.8, 4) is 0 Å². The number of carboxylic acid groups (broad SMARTS) is 1. The molecule has 70 valence electrons. The summed E-state index contributed by atoms with van der Waals surface area (Å²) in [7, 11) is 0. The van der Waals surface area contributed by atoms with Gasteiger partial charge >= 0.3 is 5.97 Å². The molecule has 0 spiro atoms. The monoisotopic (exact) mass is 180 g/mol. The molecule has 0 radical (unpaired) electrons. The molecule has 0 heterocycles. The molecule has 12 heavy (non-hydrogen) atoms. The van der Waals surface area contributed by atoms with Crippen molar-refractivity contribution in [1.29, 1.82) is 0 Å². The Morgan fingerprint density at radius 3 is 2.67 bits per heavy atom. The lowest BCUT2D eigenvalue weighted by atomic mass is 9.92. The standard InChI is InChI=1S/C7H13NO4/c1-5(6(9)10)4-7(2,3)8(11)12/h5H,4H2,1-3H3,(H,9,10)/i1D3,4D2. The van der Waals surface area contributed by atoms with Gasteiger partial charge in [-0.05, 0) is 0 Å². The Bertz CT molecular complexity index is 338. The van der Waals surface area contributed by atoms with Gasteiger partial charge in [-0.15, -0.1) is 0 Å². The highest BCUT2D eigenvalue weighted by molar-refractivity contribution is 5.69. The maximum absolute atomic E-state index is 10.8. The number of hydrogen-bond acceptors (Lipinski definition) is 3. The zero-order valence-corrected chi connectivity index (χ0v) is 6.70. The van der Waals surface area contributed by atoms with Crippen LogP contribution in [-0.2, 0) is 4.79 Å². The first kappa shape index (κ1) is 4.79. The van der Waals surface area contributed by atoms with Crippen LogP contribution in [0.3, 0.4) is 0 Å². The molecule has 1 unspecified atom stereocenters. The number of aliphatic carboxylic acids is 1. The van der Waals surface area contributed by atoms with Gasteiger partial charge in [-0.2, -0.15) is 0 Å². The summed E-state index contributed by atoms with van der Waals surface area (Å²) in [6, 6.07) is 0. The Labute approximate surface area is 77.6 Å². The van der Waals surface area contributed by atoms with Crippen LogP contribution >= 0.6 is 0 Å². The number of nitro groups is 1. The van der Waals surface area contributed by atoms with Gasteiger partial charge in [-0.3, -0.25) is 14.9 Å².